The summed E-state index contributed by atoms with van der Waals surface area (Å²) in [7, 11) is 1.83. The van der Waals surface area contributed by atoms with Gasteiger partial charge < -0.3 is 10.3 Å². The van der Waals surface area contributed by atoms with E-state index in [4.69, 9.17) is 0 Å². The van der Waals surface area contributed by atoms with Crippen molar-refractivity contribution in [1.29, 1.82) is 0 Å². The zero-order valence-corrected chi connectivity index (χ0v) is 19.5. The summed E-state index contributed by atoms with van der Waals surface area (Å²) in [6, 6.07) is 21.4. The number of hydrazine groups is 1. The minimum absolute atomic E-state index is 0.104. The van der Waals surface area contributed by atoms with Gasteiger partial charge in [-0.05, 0) is 19.1 Å². The molecule has 0 radical (unpaired) electrons. The number of anilines is 1. The van der Waals surface area contributed by atoms with Crippen molar-refractivity contribution in [3.8, 4) is 0 Å². The summed E-state index contributed by atoms with van der Waals surface area (Å²) in [5.41, 5.74) is 2.91. The first kappa shape index (κ1) is 25.4. The van der Waals surface area contributed by atoms with E-state index in [0.29, 0.717) is 12.1 Å². The zero-order valence-electron chi connectivity index (χ0n) is 19.5. The topological polar surface area (TPSA) is 68.4 Å². The third-order valence-corrected chi connectivity index (χ3v) is 4.87. The second kappa shape index (κ2) is 13.5. The highest BCUT2D eigenvalue weighted by atomic mass is 16.2. The van der Waals surface area contributed by atoms with E-state index in [1.165, 1.54) is 0 Å². The minimum atomic E-state index is -0.302. The maximum Gasteiger partial charge on any atom is 0.260 e. The first-order valence-corrected chi connectivity index (χ1v) is 10.8. The number of aromatic amines is 1. The number of amides is 2. The monoisotopic (exact) mass is 444 g/mol. The molecule has 2 aromatic carbocycles. The van der Waals surface area contributed by atoms with Gasteiger partial charge in [-0.25, -0.2) is 10.0 Å². The van der Waals surface area contributed by atoms with E-state index < -0.39 is 0 Å². The molecule has 0 spiro atoms. The highest BCUT2D eigenvalue weighted by Gasteiger charge is 2.21. The molecule has 0 aliphatic rings. The van der Waals surface area contributed by atoms with Gasteiger partial charge in [0.05, 0.1) is 17.8 Å². The fourth-order valence-corrected chi connectivity index (χ4v) is 3.06. The maximum atomic E-state index is 12.8. The number of aryl methyl sites for hydroxylation is 1. The summed E-state index contributed by atoms with van der Waals surface area (Å²) in [5, 5.41) is 6.10. The van der Waals surface area contributed by atoms with Gasteiger partial charge >= 0.3 is 0 Å². The Kier molecular flexibility index (Phi) is 10.4. The molecule has 0 bridgehead atoms. The molecular weight excluding hydrogens is 412 g/mol. The molecule has 1 aromatic heterocycles. The van der Waals surface area contributed by atoms with Crippen molar-refractivity contribution in [3.63, 3.8) is 0 Å². The van der Waals surface area contributed by atoms with Gasteiger partial charge in [0.2, 0.25) is 0 Å². The summed E-state index contributed by atoms with van der Waals surface area (Å²) < 4.78 is 0. The van der Waals surface area contributed by atoms with Gasteiger partial charge in [-0.15, -0.1) is 0 Å². The largest absolute Gasteiger partial charge is 0.364 e. The van der Waals surface area contributed by atoms with Gasteiger partial charge in [0, 0.05) is 31.0 Å². The molecule has 0 atom stereocenters. The van der Waals surface area contributed by atoms with Gasteiger partial charge in [0.1, 0.15) is 0 Å². The number of H-pyrrole nitrogens is 1. The first-order chi connectivity index (χ1) is 16.0. The van der Waals surface area contributed by atoms with E-state index in [-0.39, 0.29) is 18.4 Å². The number of carbonyl (C=O) groups excluding carboxylic acids is 2. The Morgan fingerprint density at radius 1 is 1.03 bits per heavy atom. The fraction of sp³-hybridized carbons (Fsp3) is 0.185. The van der Waals surface area contributed by atoms with Gasteiger partial charge in [-0.1, -0.05) is 86.3 Å². The number of allylic oxidation sites excluding steroid dienone is 2. The van der Waals surface area contributed by atoms with Crippen molar-refractivity contribution in [1.82, 2.24) is 15.3 Å². The number of hydrogen-bond donors (Lipinski definition) is 2. The summed E-state index contributed by atoms with van der Waals surface area (Å²) >= 11 is 0. The average Bonchev–Trinajstić information content (AvgIpc) is 3.23. The van der Waals surface area contributed by atoms with Crippen LogP contribution in [0.3, 0.4) is 0 Å². The molecule has 0 saturated carbocycles. The SMILES string of the molecule is C=C/C=C\c1c(C(=O)NCC(=O)N(c2ccccc2)N(C)CC)c[nH]c1C.c1ccccc1. The lowest BCUT2D eigenvalue weighted by Gasteiger charge is -2.31. The van der Waals surface area contributed by atoms with Crippen LogP contribution in [0.2, 0.25) is 0 Å². The molecule has 1 heterocycles. The molecule has 172 valence electrons. The van der Waals surface area contributed by atoms with Crippen LogP contribution in [0.5, 0.6) is 0 Å². The van der Waals surface area contributed by atoms with Crippen LogP contribution in [0.25, 0.3) is 6.08 Å². The predicted molar refractivity (Wildman–Crippen MR) is 136 cm³/mol. The molecule has 3 rings (SSSR count). The van der Waals surface area contributed by atoms with Crippen molar-refractivity contribution in [2.75, 3.05) is 25.1 Å². The Bertz CT molecular complexity index is 1020. The second-order valence-electron chi connectivity index (χ2n) is 7.19. The molecule has 2 amide bonds. The Balaban J connectivity index is 0.000000554. The van der Waals surface area contributed by atoms with E-state index in [1.54, 1.807) is 23.4 Å². The van der Waals surface area contributed by atoms with E-state index in [2.05, 4.69) is 16.9 Å². The molecule has 0 saturated heterocycles. The smallest absolute Gasteiger partial charge is 0.260 e. The predicted octanol–water partition coefficient (Wildman–Crippen LogP) is 4.84. The normalized spacial score (nSPS) is 10.4. The number of hydrogen-bond acceptors (Lipinski definition) is 3. The molecule has 0 fully saturated rings. The molecule has 0 aliphatic carbocycles. The number of para-hydroxylation sites is 1. The van der Waals surface area contributed by atoms with E-state index in [1.807, 2.05) is 98.7 Å². The third kappa shape index (κ3) is 7.63. The lowest BCUT2D eigenvalue weighted by Crippen LogP contribution is -2.48. The number of aromatic nitrogens is 1. The van der Waals surface area contributed by atoms with Crippen molar-refractivity contribution in [3.05, 3.63) is 108 Å². The van der Waals surface area contributed by atoms with Crippen LogP contribution < -0.4 is 10.3 Å². The van der Waals surface area contributed by atoms with E-state index in [9.17, 15) is 9.59 Å². The average molecular weight is 445 g/mol. The van der Waals surface area contributed by atoms with Crippen LogP contribution >= 0.6 is 0 Å². The molecule has 3 aromatic rings. The molecule has 33 heavy (non-hydrogen) atoms. The van der Waals surface area contributed by atoms with Crippen LogP contribution in [-0.4, -0.2) is 41.9 Å². The van der Waals surface area contributed by atoms with Crippen molar-refractivity contribution in [2.45, 2.75) is 13.8 Å². The van der Waals surface area contributed by atoms with E-state index >= 15 is 0 Å². The van der Waals surface area contributed by atoms with Crippen LogP contribution in [0.15, 0.2) is 91.7 Å². The van der Waals surface area contributed by atoms with Crippen molar-refractivity contribution < 1.29 is 9.59 Å². The molecule has 2 N–H and O–H groups in total. The second-order valence-corrected chi connectivity index (χ2v) is 7.19. The Labute approximate surface area is 196 Å². The molecular formula is C27H32N4O2. The summed E-state index contributed by atoms with van der Waals surface area (Å²) in [5.74, 6) is -0.516. The van der Waals surface area contributed by atoms with Crippen LogP contribution in [0.1, 0.15) is 28.5 Å². The zero-order chi connectivity index (χ0) is 24.1. The standard InChI is InChI=1S/C21H26N4O2.C6H6/c1-5-7-13-18-16(3)22-14-19(18)21(27)23-15-20(26)25(24(4)6-2)17-11-9-8-10-12-17;1-2-4-6-5-3-1/h5,7-14,22H,1,6,15H2,2-4H3,(H,23,27);1-6H/b13-7-;. The first-order valence-electron chi connectivity index (χ1n) is 10.8. The molecule has 6 heteroatoms. The Hall–Kier alpha value is -3.90. The van der Waals surface area contributed by atoms with Gasteiger partial charge in [-0.2, -0.15) is 0 Å². The lowest BCUT2D eigenvalue weighted by molar-refractivity contribution is -0.120. The number of nitrogens with zero attached hydrogens (tertiary/aromatic N) is 2. The van der Waals surface area contributed by atoms with Crippen molar-refractivity contribution in [2.24, 2.45) is 0 Å². The summed E-state index contributed by atoms with van der Waals surface area (Å²) in [6.45, 7) is 8.04. The highest BCUT2D eigenvalue weighted by Crippen LogP contribution is 2.17. The van der Waals surface area contributed by atoms with Crippen LogP contribution in [0, 0.1) is 6.92 Å². The Morgan fingerprint density at radius 3 is 2.15 bits per heavy atom. The van der Waals surface area contributed by atoms with Crippen LogP contribution in [0.4, 0.5) is 5.69 Å². The summed E-state index contributed by atoms with van der Waals surface area (Å²) in [6.07, 6.45) is 6.88. The van der Waals surface area contributed by atoms with Gasteiger partial charge in [0.15, 0.2) is 0 Å². The number of carbonyl (C=O) groups is 2. The van der Waals surface area contributed by atoms with Crippen molar-refractivity contribution >= 4 is 23.6 Å². The Morgan fingerprint density at radius 2 is 1.61 bits per heavy atom. The number of benzene rings is 2. The number of rotatable bonds is 8. The molecule has 0 unspecified atom stereocenters. The summed E-state index contributed by atoms with van der Waals surface area (Å²) in [4.78, 5) is 28.4. The van der Waals surface area contributed by atoms with Crippen LogP contribution in [-0.2, 0) is 4.79 Å². The third-order valence-electron chi connectivity index (χ3n) is 4.87. The highest BCUT2D eigenvalue weighted by molar-refractivity contribution is 6.02. The quantitative estimate of drug-likeness (QED) is 0.386. The van der Waals surface area contributed by atoms with Gasteiger partial charge in [0.25, 0.3) is 11.8 Å². The van der Waals surface area contributed by atoms with E-state index in [0.717, 1.165) is 16.9 Å². The fourth-order valence-electron chi connectivity index (χ4n) is 3.06. The molecule has 6 nitrogen and oxygen atoms in total. The van der Waals surface area contributed by atoms with Gasteiger partial charge in [-0.3, -0.25) is 9.59 Å². The maximum absolute atomic E-state index is 12.8. The molecule has 0 aliphatic heterocycles. The minimum Gasteiger partial charge on any atom is -0.364 e. The number of nitrogens with one attached hydrogen (secondary N) is 2. The lowest BCUT2D eigenvalue weighted by atomic mass is 10.1.